The van der Waals surface area contributed by atoms with Crippen molar-refractivity contribution in [1.29, 1.82) is 0 Å². The maximum Gasteiger partial charge on any atom is 0.318 e. The Labute approximate surface area is 121 Å². The van der Waals surface area contributed by atoms with E-state index < -0.39 is 45.8 Å². The van der Waals surface area contributed by atoms with Gasteiger partial charge in [0.2, 0.25) is 10.0 Å². The molecule has 20 heavy (non-hydrogen) atoms. The average molecular weight is 370 g/mol. The van der Waals surface area contributed by atoms with Crippen molar-refractivity contribution in [2.45, 2.75) is 4.90 Å². The Bertz CT molecular complexity index is 631. The number of aliphatic carboxylic acids is 2. The maximum absolute atomic E-state index is 12.9. The van der Waals surface area contributed by atoms with Gasteiger partial charge < -0.3 is 10.2 Å². The predicted octanol–water partition coefficient (Wildman–Crippen LogP) is 0.748. The summed E-state index contributed by atoms with van der Waals surface area (Å²) in [6.07, 6.45) is 0. The van der Waals surface area contributed by atoms with Gasteiger partial charge in [0.05, 0.1) is 4.90 Å². The minimum absolute atomic E-state index is 0.127. The first kappa shape index (κ1) is 16.5. The molecular formula is C10H9BrFNO6S. The van der Waals surface area contributed by atoms with Crippen molar-refractivity contribution in [2.24, 2.45) is 0 Å². The van der Waals surface area contributed by atoms with E-state index >= 15 is 0 Å². The number of nitrogens with zero attached hydrogens (tertiary/aromatic N) is 1. The fourth-order valence-electron chi connectivity index (χ4n) is 1.35. The fraction of sp³-hybridized carbons (Fsp3) is 0.200. The fourth-order valence-corrected chi connectivity index (χ4v) is 3.70. The van der Waals surface area contributed by atoms with Crippen LogP contribution in [0.15, 0.2) is 27.6 Å². The van der Waals surface area contributed by atoms with E-state index in [0.29, 0.717) is 0 Å². The smallest absolute Gasteiger partial charge is 0.318 e. The SMILES string of the molecule is O=C(O)CN(CC(=O)O)S(=O)(=O)c1ccc(F)cc1Br. The Balaban J connectivity index is 3.28. The summed E-state index contributed by atoms with van der Waals surface area (Å²) >= 11 is 2.84. The third-order valence-corrected chi connectivity index (χ3v) is 4.90. The van der Waals surface area contributed by atoms with Crippen molar-refractivity contribution in [1.82, 2.24) is 4.31 Å². The van der Waals surface area contributed by atoms with Gasteiger partial charge in [0.25, 0.3) is 0 Å². The van der Waals surface area contributed by atoms with Crippen LogP contribution in [0, 0.1) is 5.82 Å². The molecule has 2 N–H and O–H groups in total. The molecule has 1 rings (SSSR count). The van der Waals surface area contributed by atoms with Gasteiger partial charge in [-0.15, -0.1) is 0 Å². The summed E-state index contributed by atoms with van der Waals surface area (Å²) < 4.78 is 37.4. The van der Waals surface area contributed by atoms with E-state index in [0.717, 1.165) is 18.2 Å². The molecule has 0 saturated heterocycles. The third kappa shape index (κ3) is 3.99. The second-order valence-electron chi connectivity index (χ2n) is 3.64. The molecule has 0 spiro atoms. The molecule has 110 valence electrons. The summed E-state index contributed by atoms with van der Waals surface area (Å²) in [5.74, 6) is -3.71. The van der Waals surface area contributed by atoms with Crippen LogP contribution in [0.5, 0.6) is 0 Å². The molecule has 7 nitrogen and oxygen atoms in total. The summed E-state index contributed by atoms with van der Waals surface area (Å²) in [5.41, 5.74) is 0. The maximum atomic E-state index is 12.9. The first-order valence-corrected chi connectivity index (χ1v) is 7.26. The molecule has 0 heterocycles. The zero-order valence-corrected chi connectivity index (χ0v) is 12.2. The Morgan fingerprint density at radius 2 is 1.70 bits per heavy atom. The summed E-state index contributed by atoms with van der Waals surface area (Å²) in [6.45, 7) is -2.03. The molecule has 0 aliphatic carbocycles. The van der Waals surface area contributed by atoms with E-state index in [9.17, 15) is 22.4 Å². The van der Waals surface area contributed by atoms with Crippen LogP contribution in [0.1, 0.15) is 0 Å². The number of halogens is 2. The van der Waals surface area contributed by atoms with Gasteiger partial charge in [-0.05, 0) is 34.1 Å². The van der Waals surface area contributed by atoms with Crippen LogP contribution >= 0.6 is 15.9 Å². The third-order valence-electron chi connectivity index (χ3n) is 2.13. The second-order valence-corrected chi connectivity index (χ2v) is 6.40. The average Bonchev–Trinajstić information content (AvgIpc) is 2.26. The lowest BCUT2D eigenvalue weighted by Crippen LogP contribution is -2.39. The van der Waals surface area contributed by atoms with Crippen LogP contribution in [0.4, 0.5) is 4.39 Å². The number of hydrogen-bond donors (Lipinski definition) is 2. The molecule has 10 heteroatoms. The zero-order valence-electron chi connectivity index (χ0n) is 9.79. The van der Waals surface area contributed by atoms with Crippen LogP contribution < -0.4 is 0 Å². The predicted molar refractivity (Wildman–Crippen MR) is 68.1 cm³/mol. The van der Waals surface area contributed by atoms with Crippen LogP contribution in [0.2, 0.25) is 0 Å². The van der Waals surface area contributed by atoms with E-state index in [1.807, 2.05) is 0 Å². The minimum Gasteiger partial charge on any atom is -0.480 e. The van der Waals surface area contributed by atoms with Gasteiger partial charge in [0, 0.05) is 4.47 Å². The Morgan fingerprint density at radius 1 is 1.20 bits per heavy atom. The van der Waals surface area contributed by atoms with E-state index in [1.54, 1.807) is 0 Å². The number of sulfonamides is 1. The molecule has 0 aliphatic heterocycles. The molecule has 0 bridgehead atoms. The molecule has 1 aromatic carbocycles. The number of rotatable bonds is 6. The lowest BCUT2D eigenvalue weighted by atomic mass is 10.3. The monoisotopic (exact) mass is 369 g/mol. The molecule has 0 aromatic heterocycles. The summed E-state index contributed by atoms with van der Waals surface area (Å²) in [4.78, 5) is 20.9. The highest BCUT2D eigenvalue weighted by Crippen LogP contribution is 2.25. The largest absolute Gasteiger partial charge is 0.480 e. The highest BCUT2D eigenvalue weighted by Gasteiger charge is 2.30. The van der Waals surface area contributed by atoms with E-state index in [-0.39, 0.29) is 8.78 Å². The van der Waals surface area contributed by atoms with Crippen LogP contribution in [-0.2, 0) is 19.6 Å². The number of carbonyl (C=O) groups is 2. The molecule has 0 aliphatic rings. The van der Waals surface area contributed by atoms with Gasteiger partial charge in [0.1, 0.15) is 18.9 Å². The molecule has 0 atom stereocenters. The minimum atomic E-state index is -4.38. The van der Waals surface area contributed by atoms with Crippen LogP contribution in [0.3, 0.4) is 0 Å². The summed E-state index contributed by atoms with van der Waals surface area (Å²) in [7, 11) is -4.38. The molecule has 0 radical (unpaired) electrons. The molecule has 0 amide bonds. The Hall–Kier alpha value is -1.52. The van der Waals surface area contributed by atoms with Crippen LogP contribution in [-0.4, -0.2) is 48.0 Å². The normalized spacial score (nSPS) is 11.6. The van der Waals surface area contributed by atoms with Crippen molar-refractivity contribution in [3.05, 3.63) is 28.5 Å². The second kappa shape index (κ2) is 6.29. The number of hydrogen-bond acceptors (Lipinski definition) is 4. The molecule has 0 unspecified atom stereocenters. The van der Waals surface area contributed by atoms with E-state index in [1.165, 1.54) is 0 Å². The van der Waals surface area contributed by atoms with Crippen molar-refractivity contribution in [3.8, 4) is 0 Å². The van der Waals surface area contributed by atoms with Gasteiger partial charge in [0.15, 0.2) is 0 Å². The topological polar surface area (TPSA) is 112 Å². The molecular weight excluding hydrogens is 361 g/mol. The van der Waals surface area contributed by atoms with Crippen LogP contribution in [0.25, 0.3) is 0 Å². The van der Waals surface area contributed by atoms with E-state index in [4.69, 9.17) is 10.2 Å². The number of carboxylic acids is 2. The van der Waals surface area contributed by atoms with Crippen molar-refractivity contribution < 1.29 is 32.6 Å². The number of benzene rings is 1. The molecule has 1 aromatic rings. The zero-order chi connectivity index (χ0) is 15.5. The number of carboxylic acid groups (broad SMARTS) is 2. The molecule has 0 saturated carbocycles. The van der Waals surface area contributed by atoms with Gasteiger partial charge in [-0.1, -0.05) is 0 Å². The highest BCUT2D eigenvalue weighted by molar-refractivity contribution is 9.10. The van der Waals surface area contributed by atoms with Crippen molar-refractivity contribution >= 4 is 37.9 Å². The first-order valence-electron chi connectivity index (χ1n) is 5.03. The molecule has 0 fully saturated rings. The standard InChI is InChI=1S/C10H9BrFNO6S/c11-7-3-6(12)1-2-8(7)20(18,19)13(4-9(14)15)5-10(16)17/h1-3H,4-5H2,(H,14,15)(H,16,17). The highest BCUT2D eigenvalue weighted by atomic mass is 79.9. The lowest BCUT2D eigenvalue weighted by Gasteiger charge is -2.19. The van der Waals surface area contributed by atoms with Crippen molar-refractivity contribution in [3.63, 3.8) is 0 Å². The first-order chi connectivity index (χ1) is 9.14. The van der Waals surface area contributed by atoms with E-state index in [2.05, 4.69) is 15.9 Å². The Kier molecular flexibility index (Phi) is 5.20. The van der Waals surface area contributed by atoms with Gasteiger partial charge >= 0.3 is 11.9 Å². The van der Waals surface area contributed by atoms with Gasteiger partial charge in [-0.25, -0.2) is 12.8 Å². The quantitative estimate of drug-likeness (QED) is 0.764. The van der Waals surface area contributed by atoms with Gasteiger partial charge in [-0.2, -0.15) is 4.31 Å². The Morgan fingerprint density at radius 3 is 2.10 bits per heavy atom. The summed E-state index contributed by atoms with van der Waals surface area (Å²) in [6, 6.07) is 2.68. The van der Waals surface area contributed by atoms with Gasteiger partial charge in [-0.3, -0.25) is 9.59 Å². The summed E-state index contributed by atoms with van der Waals surface area (Å²) in [5, 5.41) is 17.3. The van der Waals surface area contributed by atoms with Crippen molar-refractivity contribution in [2.75, 3.05) is 13.1 Å². The lowest BCUT2D eigenvalue weighted by molar-refractivity contribution is -0.139.